The van der Waals surface area contributed by atoms with Crippen LogP contribution in [-0.4, -0.2) is 28.9 Å². The van der Waals surface area contributed by atoms with Crippen LogP contribution in [0.5, 0.6) is 5.75 Å². The molecule has 2 bridgehead atoms. The highest BCUT2D eigenvalue weighted by atomic mass is 79.9. The summed E-state index contributed by atoms with van der Waals surface area (Å²) in [5.74, 6) is 1.00. The molecule has 0 aromatic heterocycles. The molecule has 0 radical (unpaired) electrons. The van der Waals surface area contributed by atoms with Crippen molar-refractivity contribution in [3.8, 4) is 5.75 Å². The average molecular weight is 389 g/mol. The maximum atomic E-state index is 5.50. The second-order valence-corrected chi connectivity index (χ2v) is 7.79. The smallest absolute Gasteiger partial charge is 0.123 e. The van der Waals surface area contributed by atoms with Gasteiger partial charge in [0.25, 0.3) is 0 Å². The van der Waals surface area contributed by atoms with E-state index in [4.69, 9.17) is 4.74 Å². The molecule has 2 heterocycles. The highest BCUT2D eigenvalue weighted by molar-refractivity contribution is 9.10. The first-order valence-corrected chi connectivity index (χ1v) is 8.60. The van der Waals surface area contributed by atoms with Crippen molar-refractivity contribution in [3.63, 3.8) is 0 Å². The Kier molecular flexibility index (Phi) is 4.20. The van der Waals surface area contributed by atoms with Crippen LogP contribution in [0.1, 0.15) is 31.2 Å². The average Bonchev–Trinajstić information content (AvgIpc) is 2.62. The van der Waals surface area contributed by atoms with E-state index in [-0.39, 0.29) is 0 Å². The largest absolute Gasteiger partial charge is 0.496 e. The van der Waals surface area contributed by atoms with Crippen LogP contribution in [0.15, 0.2) is 22.7 Å². The van der Waals surface area contributed by atoms with Crippen molar-refractivity contribution >= 4 is 31.9 Å². The number of rotatable bonds is 3. The normalized spacial score (nSPS) is 30.6. The van der Waals surface area contributed by atoms with Gasteiger partial charge in [-0.1, -0.05) is 31.9 Å². The molecule has 2 atom stereocenters. The SMILES string of the molecule is COc1ccc(Br)cc1CN1C2CCC1CC(Br)C2. The minimum atomic E-state index is 0.714. The Morgan fingerprint density at radius 1 is 1.26 bits per heavy atom. The number of methoxy groups -OCH3 is 1. The number of halogens is 2. The molecule has 0 aliphatic carbocycles. The van der Waals surface area contributed by atoms with E-state index in [2.05, 4.69) is 48.9 Å². The fourth-order valence-electron chi connectivity index (χ4n) is 3.53. The van der Waals surface area contributed by atoms with E-state index in [9.17, 15) is 0 Å². The molecule has 2 aliphatic rings. The van der Waals surface area contributed by atoms with Crippen LogP contribution in [0, 0.1) is 0 Å². The molecule has 2 unspecified atom stereocenters. The molecule has 3 rings (SSSR count). The molecule has 0 amide bonds. The Hall–Kier alpha value is -0.0600. The Balaban J connectivity index is 1.80. The van der Waals surface area contributed by atoms with E-state index < -0.39 is 0 Å². The van der Waals surface area contributed by atoms with Crippen molar-refractivity contribution in [3.05, 3.63) is 28.2 Å². The summed E-state index contributed by atoms with van der Waals surface area (Å²) in [6.45, 7) is 1.01. The molecule has 2 saturated heterocycles. The third-order valence-corrected chi connectivity index (χ3v) is 5.66. The highest BCUT2D eigenvalue weighted by Gasteiger charge is 2.39. The standard InChI is InChI=1S/C15H19Br2NO/c1-19-15-5-2-11(16)6-10(15)9-18-13-3-4-14(18)8-12(17)7-13/h2,5-6,12-14H,3-4,7-9H2,1H3. The van der Waals surface area contributed by atoms with E-state index in [0.29, 0.717) is 4.83 Å². The summed E-state index contributed by atoms with van der Waals surface area (Å²) in [5.41, 5.74) is 1.29. The van der Waals surface area contributed by atoms with Gasteiger partial charge in [-0.05, 0) is 43.9 Å². The summed E-state index contributed by atoms with van der Waals surface area (Å²) < 4.78 is 6.63. The summed E-state index contributed by atoms with van der Waals surface area (Å²) in [6, 6.07) is 7.78. The number of piperidine rings is 1. The number of fused-ring (bicyclic) bond motifs is 2. The van der Waals surface area contributed by atoms with Crippen LogP contribution in [0.4, 0.5) is 0 Å². The number of benzene rings is 1. The summed E-state index contributed by atoms with van der Waals surface area (Å²) in [7, 11) is 1.76. The molecule has 1 aromatic rings. The zero-order valence-corrected chi connectivity index (χ0v) is 14.3. The first-order valence-electron chi connectivity index (χ1n) is 6.89. The maximum Gasteiger partial charge on any atom is 0.123 e. The van der Waals surface area contributed by atoms with Crippen LogP contribution >= 0.6 is 31.9 Å². The van der Waals surface area contributed by atoms with Gasteiger partial charge in [0, 0.05) is 33.5 Å². The summed E-state index contributed by atoms with van der Waals surface area (Å²) >= 11 is 7.37. The van der Waals surface area contributed by atoms with Gasteiger partial charge >= 0.3 is 0 Å². The molecule has 0 N–H and O–H groups in total. The van der Waals surface area contributed by atoms with Crippen molar-refractivity contribution in [2.75, 3.05) is 7.11 Å². The van der Waals surface area contributed by atoms with Gasteiger partial charge in [0.15, 0.2) is 0 Å². The fourth-order valence-corrected chi connectivity index (χ4v) is 4.80. The summed E-state index contributed by atoms with van der Waals surface area (Å²) in [6.07, 6.45) is 5.27. The van der Waals surface area contributed by atoms with Crippen molar-refractivity contribution in [1.82, 2.24) is 4.90 Å². The number of hydrogen-bond donors (Lipinski definition) is 0. The lowest BCUT2D eigenvalue weighted by Crippen LogP contribution is -2.42. The van der Waals surface area contributed by atoms with Crippen LogP contribution in [0.2, 0.25) is 0 Å². The van der Waals surface area contributed by atoms with E-state index in [0.717, 1.165) is 28.9 Å². The second-order valence-electron chi connectivity index (χ2n) is 5.58. The summed E-state index contributed by atoms with van der Waals surface area (Å²) in [4.78, 5) is 3.40. The molecule has 0 spiro atoms. The Labute approximate surface area is 131 Å². The zero-order valence-electron chi connectivity index (χ0n) is 11.1. The monoisotopic (exact) mass is 387 g/mol. The molecule has 2 fully saturated rings. The molecule has 2 nitrogen and oxygen atoms in total. The van der Waals surface area contributed by atoms with Gasteiger partial charge in [0.2, 0.25) is 0 Å². The predicted molar refractivity (Wildman–Crippen MR) is 85.0 cm³/mol. The molecule has 0 saturated carbocycles. The molecule has 4 heteroatoms. The lowest BCUT2D eigenvalue weighted by molar-refractivity contribution is 0.135. The van der Waals surface area contributed by atoms with Gasteiger partial charge in [-0.3, -0.25) is 4.90 Å². The van der Waals surface area contributed by atoms with Crippen LogP contribution < -0.4 is 4.74 Å². The predicted octanol–water partition coefficient (Wildman–Crippen LogP) is 4.35. The molecular weight excluding hydrogens is 370 g/mol. The van der Waals surface area contributed by atoms with E-state index in [1.54, 1.807) is 7.11 Å². The molecule has 104 valence electrons. The zero-order chi connectivity index (χ0) is 13.4. The van der Waals surface area contributed by atoms with Gasteiger partial charge in [0.1, 0.15) is 5.75 Å². The highest BCUT2D eigenvalue weighted by Crippen LogP contribution is 2.40. The fraction of sp³-hybridized carbons (Fsp3) is 0.600. The minimum Gasteiger partial charge on any atom is -0.496 e. The third-order valence-electron chi connectivity index (χ3n) is 4.42. The van der Waals surface area contributed by atoms with E-state index in [1.165, 1.54) is 31.2 Å². The van der Waals surface area contributed by atoms with Gasteiger partial charge in [0.05, 0.1) is 7.11 Å². The topological polar surface area (TPSA) is 12.5 Å². The Morgan fingerprint density at radius 2 is 1.95 bits per heavy atom. The van der Waals surface area contributed by atoms with Gasteiger partial charge in [-0.2, -0.15) is 0 Å². The number of alkyl halides is 1. The quantitative estimate of drug-likeness (QED) is 0.713. The van der Waals surface area contributed by atoms with Crippen molar-refractivity contribution in [1.29, 1.82) is 0 Å². The molecule has 19 heavy (non-hydrogen) atoms. The van der Waals surface area contributed by atoms with E-state index in [1.807, 2.05) is 6.07 Å². The van der Waals surface area contributed by atoms with E-state index >= 15 is 0 Å². The Morgan fingerprint density at radius 3 is 2.58 bits per heavy atom. The molecule has 2 aliphatic heterocycles. The third kappa shape index (κ3) is 2.86. The number of ether oxygens (including phenoxy) is 1. The van der Waals surface area contributed by atoms with Crippen molar-refractivity contribution < 1.29 is 4.74 Å². The minimum absolute atomic E-state index is 0.714. The first-order chi connectivity index (χ1) is 9.17. The lowest BCUT2D eigenvalue weighted by atomic mass is 10.0. The molecule has 1 aromatic carbocycles. The second kappa shape index (κ2) is 5.74. The van der Waals surface area contributed by atoms with Gasteiger partial charge in [-0.15, -0.1) is 0 Å². The van der Waals surface area contributed by atoms with Crippen LogP contribution in [0.3, 0.4) is 0 Å². The van der Waals surface area contributed by atoms with Crippen LogP contribution in [0.25, 0.3) is 0 Å². The maximum absolute atomic E-state index is 5.50. The number of nitrogens with zero attached hydrogens (tertiary/aromatic N) is 1. The summed E-state index contributed by atoms with van der Waals surface area (Å²) in [5, 5.41) is 0. The van der Waals surface area contributed by atoms with Gasteiger partial charge in [-0.25, -0.2) is 0 Å². The Bertz CT molecular complexity index is 451. The molecular formula is C15H19Br2NO. The lowest BCUT2D eigenvalue weighted by Gasteiger charge is -2.37. The number of hydrogen-bond acceptors (Lipinski definition) is 2. The first kappa shape index (κ1) is 13.9. The van der Waals surface area contributed by atoms with Crippen molar-refractivity contribution in [2.24, 2.45) is 0 Å². The van der Waals surface area contributed by atoms with Gasteiger partial charge < -0.3 is 4.74 Å². The van der Waals surface area contributed by atoms with Crippen molar-refractivity contribution in [2.45, 2.75) is 49.1 Å². The van der Waals surface area contributed by atoms with Crippen LogP contribution in [-0.2, 0) is 6.54 Å².